The van der Waals surface area contributed by atoms with Gasteiger partial charge in [-0.3, -0.25) is 0 Å². The van der Waals surface area contributed by atoms with Crippen molar-refractivity contribution < 1.29 is 17.5 Å². The second-order valence-corrected chi connectivity index (χ2v) is 8.57. The van der Waals surface area contributed by atoms with Crippen LogP contribution >= 0.6 is 0 Å². The number of guanidine groups is 1. The monoisotopic (exact) mass is 422 g/mol. The number of aliphatic imine (C=N–C) groups is 1. The van der Waals surface area contributed by atoms with Crippen molar-refractivity contribution in [3.63, 3.8) is 0 Å². The lowest BCUT2D eigenvalue weighted by Gasteiger charge is -2.14. The van der Waals surface area contributed by atoms with Crippen LogP contribution in [0.3, 0.4) is 0 Å². The van der Waals surface area contributed by atoms with Gasteiger partial charge in [0, 0.05) is 31.1 Å². The predicted molar refractivity (Wildman–Crippen MR) is 112 cm³/mol. The lowest BCUT2D eigenvalue weighted by atomic mass is 10.1. The van der Waals surface area contributed by atoms with E-state index in [4.69, 9.17) is 4.74 Å². The zero-order valence-electron chi connectivity index (χ0n) is 16.9. The van der Waals surface area contributed by atoms with E-state index in [9.17, 15) is 12.8 Å². The minimum Gasteiger partial charge on any atom is -0.478 e. The summed E-state index contributed by atoms with van der Waals surface area (Å²) in [6.07, 6.45) is 2.82. The fraction of sp³-hybridized carbons (Fsp3) is 0.400. The minimum absolute atomic E-state index is 0.142. The molecule has 0 bridgehead atoms. The Bertz CT molecular complexity index is 948. The molecule has 0 spiro atoms. The first-order chi connectivity index (χ1) is 13.8. The summed E-state index contributed by atoms with van der Waals surface area (Å²) in [5.41, 5.74) is 1.95. The molecule has 0 aliphatic heterocycles. The van der Waals surface area contributed by atoms with Crippen molar-refractivity contribution in [2.24, 2.45) is 4.99 Å². The van der Waals surface area contributed by atoms with Crippen LogP contribution in [0.4, 0.5) is 4.39 Å². The normalized spacial score (nSPS) is 11.9. The molecule has 0 radical (unpaired) electrons. The summed E-state index contributed by atoms with van der Waals surface area (Å²) >= 11 is 0. The first kappa shape index (κ1) is 22.6. The first-order valence-corrected chi connectivity index (χ1v) is 11.4. The van der Waals surface area contributed by atoms with Crippen LogP contribution in [-0.4, -0.2) is 38.8 Å². The fourth-order valence-electron chi connectivity index (χ4n) is 2.68. The molecule has 9 heteroatoms. The van der Waals surface area contributed by atoms with E-state index < -0.39 is 15.7 Å². The Labute approximate surface area is 171 Å². The highest BCUT2D eigenvalue weighted by Gasteiger charge is 2.11. The quantitative estimate of drug-likeness (QED) is 0.476. The molecular formula is C20H27FN4O3S. The number of rotatable bonds is 9. The molecule has 29 heavy (non-hydrogen) atoms. The number of ether oxygens (including phenoxy) is 1. The van der Waals surface area contributed by atoms with Gasteiger partial charge in [0.25, 0.3) is 0 Å². The molecule has 7 nitrogen and oxygen atoms in total. The van der Waals surface area contributed by atoms with Crippen molar-refractivity contribution in [1.29, 1.82) is 0 Å². The molecule has 158 valence electrons. The van der Waals surface area contributed by atoms with E-state index in [0.717, 1.165) is 11.8 Å². The van der Waals surface area contributed by atoms with Crippen LogP contribution in [0.5, 0.6) is 5.88 Å². The number of pyridine rings is 1. The number of benzene rings is 1. The topological polar surface area (TPSA) is 92.7 Å². The number of aromatic nitrogens is 1. The second-order valence-electron chi connectivity index (χ2n) is 6.43. The Hall–Kier alpha value is -2.68. The smallest absolute Gasteiger partial charge is 0.218 e. The van der Waals surface area contributed by atoms with E-state index >= 15 is 0 Å². The summed E-state index contributed by atoms with van der Waals surface area (Å²) in [6.45, 7) is 5.56. The Balaban J connectivity index is 2.17. The highest BCUT2D eigenvalue weighted by Crippen LogP contribution is 2.16. The van der Waals surface area contributed by atoms with Gasteiger partial charge in [0.05, 0.1) is 18.9 Å². The number of halogens is 1. The minimum atomic E-state index is -3.24. The molecule has 1 aromatic heterocycles. The average molecular weight is 423 g/mol. The molecule has 0 unspecified atom stereocenters. The van der Waals surface area contributed by atoms with Gasteiger partial charge < -0.3 is 15.4 Å². The van der Waals surface area contributed by atoms with E-state index in [0.29, 0.717) is 42.7 Å². The third-order valence-electron chi connectivity index (χ3n) is 3.92. The van der Waals surface area contributed by atoms with Crippen molar-refractivity contribution in [3.05, 3.63) is 59.0 Å². The molecule has 2 aromatic rings. The Morgan fingerprint density at radius 3 is 2.66 bits per heavy atom. The van der Waals surface area contributed by atoms with Crippen LogP contribution in [-0.2, 0) is 28.7 Å². The first-order valence-electron chi connectivity index (χ1n) is 9.36. The van der Waals surface area contributed by atoms with Gasteiger partial charge in [0.2, 0.25) is 5.88 Å². The van der Waals surface area contributed by atoms with Crippen LogP contribution < -0.4 is 15.4 Å². The van der Waals surface area contributed by atoms with Crippen LogP contribution in [0, 0.1) is 5.82 Å². The maximum absolute atomic E-state index is 13.7. The van der Waals surface area contributed by atoms with Gasteiger partial charge in [-0.2, -0.15) is 0 Å². The van der Waals surface area contributed by atoms with Crippen LogP contribution in [0.25, 0.3) is 0 Å². The third kappa shape index (κ3) is 7.69. The maximum atomic E-state index is 13.7. The van der Waals surface area contributed by atoms with Crippen LogP contribution in [0.15, 0.2) is 41.5 Å². The summed E-state index contributed by atoms with van der Waals surface area (Å²) < 4.78 is 42.5. The van der Waals surface area contributed by atoms with Gasteiger partial charge in [-0.05, 0) is 43.2 Å². The number of hydrogen-bond donors (Lipinski definition) is 2. The summed E-state index contributed by atoms with van der Waals surface area (Å²) in [5, 5.41) is 6.32. The number of hydrogen-bond acceptors (Lipinski definition) is 5. The lowest BCUT2D eigenvalue weighted by molar-refractivity contribution is 0.322. The van der Waals surface area contributed by atoms with Gasteiger partial charge in [0.15, 0.2) is 15.8 Å². The fourth-order valence-corrected chi connectivity index (χ4v) is 3.52. The maximum Gasteiger partial charge on any atom is 0.218 e. The number of sulfone groups is 1. The molecule has 1 heterocycles. The van der Waals surface area contributed by atoms with E-state index in [1.807, 2.05) is 26.0 Å². The molecule has 0 aliphatic rings. The molecule has 0 aliphatic carbocycles. The standard InChI is InChI=1S/C20H27FN4O3S/c1-4-22-20(24-12-15-7-6-10-23-19(15)28-5-2)25-13-17-11-18(21)9-8-16(17)14-29(3,26)27/h6-11H,4-5,12-14H2,1-3H3,(H2,22,24,25). The lowest BCUT2D eigenvalue weighted by Crippen LogP contribution is -2.37. The van der Waals surface area contributed by atoms with Gasteiger partial charge in [-0.15, -0.1) is 0 Å². The molecule has 2 N–H and O–H groups in total. The van der Waals surface area contributed by atoms with Gasteiger partial charge in [-0.25, -0.2) is 22.8 Å². The van der Waals surface area contributed by atoms with Crippen molar-refractivity contribution in [2.75, 3.05) is 19.4 Å². The molecule has 0 fully saturated rings. The zero-order chi connectivity index (χ0) is 21.3. The van der Waals surface area contributed by atoms with E-state index in [1.165, 1.54) is 18.2 Å². The van der Waals surface area contributed by atoms with Crippen molar-refractivity contribution in [1.82, 2.24) is 15.6 Å². The molecule has 0 amide bonds. The molecule has 2 rings (SSSR count). The number of nitrogens with zero attached hydrogens (tertiary/aromatic N) is 2. The highest BCUT2D eigenvalue weighted by atomic mass is 32.2. The van der Waals surface area contributed by atoms with E-state index in [-0.39, 0.29) is 12.3 Å². The highest BCUT2D eigenvalue weighted by molar-refractivity contribution is 7.89. The average Bonchev–Trinajstić information content (AvgIpc) is 2.66. The third-order valence-corrected chi connectivity index (χ3v) is 4.75. The van der Waals surface area contributed by atoms with E-state index in [2.05, 4.69) is 20.6 Å². The Kier molecular flexibility index (Phi) is 8.38. The van der Waals surface area contributed by atoms with Crippen LogP contribution in [0.1, 0.15) is 30.5 Å². The molecule has 0 saturated heterocycles. The summed E-state index contributed by atoms with van der Waals surface area (Å²) in [6, 6.07) is 7.81. The summed E-state index contributed by atoms with van der Waals surface area (Å²) in [5.74, 6) is 0.490. The van der Waals surface area contributed by atoms with Crippen molar-refractivity contribution >= 4 is 15.8 Å². The zero-order valence-corrected chi connectivity index (χ0v) is 17.7. The van der Waals surface area contributed by atoms with Crippen molar-refractivity contribution in [2.45, 2.75) is 32.7 Å². The van der Waals surface area contributed by atoms with Crippen LogP contribution in [0.2, 0.25) is 0 Å². The van der Waals surface area contributed by atoms with Crippen molar-refractivity contribution in [3.8, 4) is 5.88 Å². The largest absolute Gasteiger partial charge is 0.478 e. The Morgan fingerprint density at radius 1 is 1.17 bits per heavy atom. The predicted octanol–water partition coefficient (Wildman–Crippen LogP) is 2.42. The summed E-state index contributed by atoms with van der Waals surface area (Å²) in [7, 11) is -3.24. The molecular weight excluding hydrogens is 395 g/mol. The van der Waals surface area contributed by atoms with E-state index in [1.54, 1.807) is 6.20 Å². The van der Waals surface area contributed by atoms with Gasteiger partial charge in [-0.1, -0.05) is 12.1 Å². The molecule has 0 saturated carbocycles. The molecule has 1 aromatic carbocycles. The number of nitrogens with one attached hydrogen (secondary N) is 2. The van der Waals surface area contributed by atoms with Gasteiger partial charge in [0.1, 0.15) is 5.82 Å². The Morgan fingerprint density at radius 2 is 1.97 bits per heavy atom. The van der Waals surface area contributed by atoms with Gasteiger partial charge >= 0.3 is 0 Å². The second kappa shape index (κ2) is 10.8. The molecule has 0 atom stereocenters. The SMILES string of the molecule is CCNC(=NCc1cc(F)ccc1CS(C)(=O)=O)NCc1cccnc1OCC. The summed E-state index contributed by atoms with van der Waals surface area (Å²) in [4.78, 5) is 8.70.